The molecule has 0 aliphatic rings. The van der Waals surface area contributed by atoms with Crippen LogP contribution >= 0.6 is 0 Å². The van der Waals surface area contributed by atoms with E-state index in [2.05, 4.69) is 4.84 Å². The van der Waals surface area contributed by atoms with Crippen molar-refractivity contribution in [1.29, 1.82) is 0 Å². The van der Waals surface area contributed by atoms with Crippen LogP contribution in [-0.4, -0.2) is 33.8 Å². The Hall–Kier alpha value is -1.65. The Morgan fingerprint density at radius 1 is 1.24 bits per heavy atom. The lowest BCUT2D eigenvalue weighted by Crippen LogP contribution is -2.29. The molecule has 1 aromatic carbocycles. The number of ether oxygens (including phenoxy) is 1. The van der Waals surface area contributed by atoms with Gasteiger partial charge in [0, 0.05) is 0 Å². The molecule has 0 aliphatic heterocycles. The van der Waals surface area contributed by atoms with Crippen LogP contribution < -0.4 is 4.89 Å². The molecule has 21 heavy (non-hydrogen) atoms. The molecule has 0 radical (unpaired) electrons. The number of benzene rings is 1. The molecule has 0 spiro atoms. The normalized spacial score (nSPS) is 12.2. The van der Waals surface area contributed by atoms with E-state index in [-0.39, 0.29) is 17.1 Å². The highest BCUT2D eigenvalue weighted by atomic mass is 32.2. The van der Waals surface area contributed by atoms with E-state index in [9.17, 15) is 26.4 Å². The quantitative estimate of drug-likeness (QED) is 0.634. The molecule has 0 bridgehead atoms. The second-order valence-electron chi connectivity index (χ2n) is 3.74. The Labute approximate surface area is 118 Å². The molecule has 0 saturated carbocycles. The molecule has 10 heteroatoms. The van der Waals surface area contributed by atoms with Crippen molar-refractivity contribution in [3.63, 3.8) is 0 Å². The molecule has 0 fully saturated rings. The summed E-state index contributed by atoms with van der Waals surface area (Å²) in [6.07, 6.45) is -4.66. The van der Waals surface area contributed by atoms with Crippen LogP contribution in [0, 0.1) is 0 Å². The van der Waals surface area contributed by atoms with E-state index in [0.29, 0.717) is 0 Å². The van der Waals surface area contributed by atoms with Crippen LogP contribution in [0.2, 0.25) is 0 Å². The smallest absolute Gasteiger partial charge is 0.413 e. The first-order valence-electron chi connectivity index (χ1n) is 5.63. The SMILES string of the molecule is CCOC(=O)c1ccc(S(=O)(=O)NOCC(F)(F)F)cc1. The van der Waals surface area contributed by atoms with Crippen LogP contribution in [0.15, 0.2) is 29.2 Å². The molecule has 0 saturated heterocycles. The first kappa shape index (κ1) is 17.4. The van der Waals surface area contributed by atoms with Gasteiger partial charge in [0.2, 0.25) is 0 Å². The van der Waals surface area contributed by atoms with Gasteiger partial charge in [-0.25, -0.2) is 13.2 Å². The van der Waals surface area contributed by atoms with E-state index in [1.807, 2.05) is 0 Å². The molecule has 1 aromatic rings. The fourth-order valence-electron chi connectivity index (χ4n) is 1.22. The number of nitrogens with one attached hydrogen (secondary N) is 1. The zero-order valence-corrected chi connectivity index (χ0v) is 11.6. The summed E-state index contributed by atoms with van der Waals surface area (Å²) in [6.45, 7) is 0.0114. The Morgan fingerprint density at radius 3 is 2.29 bits per heavy atom. The van der Waals surface area contributed by atoms with Gasteiger partial charge in [-0.1, -0.05) is 4.89 Å². The number of hydrogen-bond acceptors (Lipinski definition) is 5. The van der Waals surface area contributed by atoms with Crippen molar-refractivity contribution in [3.05, 3.63) is 29.8 Å². The number of sulfonamides is 1. The van der Waals surface area contributed by atoms with Crippen molar-refractivity contribution in [2.45, 2.75) is 18.0 Å². The highest BCUT2D eigenvalue weighted by Gasteiger charge is 2.29. The van der Waals surface area contributed by atoms with Gasteiger partial charge in [-0.05, 0) is 31.2 Å². The summed E-state index contributed by atoms with van der Waals surface area (Å²) < 4.78 is 63.4. The zero-order chi connectivity index (χ0) is 16.1. The van der Waals surface area contributed by atoms with Crippen molar-refractivity contribution in [1.82, 2.24) is 4.89 Å². The first-order valence-corrected chi connectivity index (χ1v) is 7.11. The topological polar surface area (TPSA) is 81.7 Å². The minimum absolute atomic E-state index is 0.118. The van der Waals surface area contributed by atoms with Gasteiger partial charge in [0.1, 0.15) is 0 Å². The van der Waals surface area contributed by atoms with Crippen molar-refractivity contribution in [2.75, 3.05) is 13.2 Å². The molecule has 6 nitrogen and oxygen atoms in total. The Bertz CT molecular complexity index is 583. The van der Waals surface area contributed by atoms with Gasteiger partial charge in [-0.3, -0.25) is 4.84 Å². The van der Waals surface area contributed by atoms with Crippen LogP contribution in [0.5, 0.6) is 0 Å². The Morgan fingerprint density at radius 2 is 1.81 bits per heavy atom. The summed E-state index contributed by atoms with van der Waals surface area (Å²) in [6, 6.07) is 4.45. The molecule has 0 heterocycles. The van der Waals surface area contributed by atoms with E-state index < -0.39 is 28.8 Å². The van der Waals surface area contributed by atoms with Gasteiger partial charge in [0.15, 0.2) is 6.61 Å². The third-order valence-electron chi connectivity index (χ3n) is 2.08. The molecule has 118 valence electrons. The minimum Gasteiger partial charge on any atom is -0.462 e. The monoisotopic (exact) mass is 327 g/mol. The van der Waals surface area contributed by atoms with Crippen LogP contribution in [0.3, 0.4) is 0 Å². The van der Waals surface area contributed by atoms with Gasteiger partial charge in [0.25, 0.3) is 10.0 Å². The number of rotatable bonds is 6. The Kier molecular flexibility index (Phi) is 5.70. The summed E-state index contributed by atoms with van der Waals surface area (Å²) in [7, 11) is -4.26. The predicted octanol–water partition coefficient (Wildman–Crippen LogP) is 1.64. The minimum atomic E-state index is -4.66. The summed E-state index contributed by atoms with van der Waals surface area (Å²) in [5.41, 5.74) is 0.118. The molecule has 0 unspecified atom stereocenters. The lowest BCUT2D eigenvalue weighted by Gasteiger charge is -2.09. The second kappa shape index (κ2) is 6.87. The highest BCUT2D eigenvalue weighted by molar-refractivity contribution is 7.89. The summed E-state index contributed by atoms with van der Waals surface area (Å²) in [5, 5.41) is 0. The third kappa shape index (κ3) is 5.69. The fourth-order valence-corrected chi connectivity index (χ4v) is 2.03. The molecule has 0 amide bonds. The summed E-state index contributed by atoms with van der Waals surface area (Å²) in [4.78, 5) is 16.2. The van der Waals surface area contributed by atoms with Crippen LogP contribution in [0.25, 0.3) is 0 Å². The predicted molar refractivity (Wildman–Crippen MR) is 64.7 cm³/mol. The van der Waals surface area contributed by atoms with Gasteiger partial charge in [-0.2, -0.15) is 13.2 Å². The van der Waals surface area contributed by atoms with E-state index in [4.69, 9.17) is 4.74 Å². The molecule has 1 N–H and O–H groups in total. The van der Waals surface area contributed by atoms with Crippen molar-refractivity contribution < 1.29 is 36.0 Å². The number of alkyl halides is 3. The standard InChI is InChI=1S/C11H12F3NO5S/c1-2-19-10(16)8-3-5-9(6-4-8)21(17,18)15-20-7-11(12,13)14/h3-6,15H,2,7H2,1H3. The zero-order valence-electron chi connectivity index (χ0n) is 10.8. The Balaban J connectivity index is 2.74. The van der Waals surface area contributed by atoms with Crippen LogP contribution in [0.1, 0.15) is 17.3 Å². The molecule has 0 aliphatic carbocycles. The molecule has 0 atom stereocenters. The maximum atomic E-state index is 11.8. The van der Waals surface area contributed by atoms with Crippen molar-refractivity contribution >= 4 is 16.0 Å². The average Bonchev–Trinajstić information content (AvgIpc) is 2.37. The summed E-state index contributed by atoms with van der Waals surface area (Å²) in [5.74, 6) is -0.636. The lowest BCUT2D eigenvalue weighted by atomic mass is 10.2. The number of halogens is 3. The second-order valence-corrected chi connectivity index (χ2v) is 5.38. The number of carbonyl (C=O) groups is 1. The van der Waals surface area contributed by atoms with Gasteiger partial charge < -0.3 is 4.74 Å². The van der Waals surface area contributed by atoms with Crippen LogP contribution in [0.4, 0.5) is 13.2 Å². The van der Waals surface area contributed by atoms with Gasteiger partial charge in [-0.15, -0.1) is 0 Å². The van der Waals surface area contributed by atoms with Crippen molar-refractivity contribution in [2.24, 2.45) is 0 Å². The van der Waals surface area contributed by atoms with E-state index in [0.717, 1.165) is 12.1 Å². The van der Waals surface area contributed by atoms with E-state index in [1.165, 1.54) is 17.0 Å². The maximum Gasteiger partial charge on any atom is 0.413 e. The maximum absolute atomic E-state index is 11.8. The van der Waals surface area contributed by atoms with Crippen LogP contribution in [-0.2, 0) is 19.6 Å². The van der Waals surface area contributed by atoms with Gasteiger partial charge in [0.05, 0.1) is 17.1 Å². The lowest BCUT2D eigenvalue weighted by molar-refractivity contribution is -0.181. The number of hydrogen-bond donors (Lipinski definition) is 1. The largest absolute Gasteiger partial charge is 0.462 e. The third-order valence-corrected chi connectivity index (χ3v) is 3.31. The van der Waals surface area contributed by atoms with E-state index >= 15 is 0 Å². The highest BCUT2D eigenvalue weighted by Crippen LogP contribution is 2.15. The average molecular weight is 327 g/mol. The molecular weight excluding hydrogens is 315 g/mol. The molecular formula is C11H12F3NO5S. The fraction of sp³-hybridized carbons (Fsp3) is 0.364. The van der Waals surface area contributed by atoms with Gasteiger partial charge >= 0.3 is 12.1 Å². The van der Waals surface area contributed by atoms with E-state index in [1.54, 1.807) is 6.92 Å². The number of carbonyl (C=O) groups excluding carboxylic acids is 1. The number of esters is 1. The first-order chi connectivity index (χ1) is 9.65. The summed E-state index contributed by atoms with van der Waals surface area (Å²) >= 11 is 0. The molecule has 1 rings (SSSR count). The molecule has 0 aromatic heterocycles. The van der Waals surface area contributed by atoms with Crippen molar-refractivity contribution in [3.8, 4) is 0 Å².